The van der Waals surface area contributed by atoms with E-state index in [2.05, 4.69) is 15.0 Å². The molecule has 0 saturated carbocycles. The summed E-state index contributed by atoms with van der Waals surface area (Å²) >= 11 is 0. The number of carbonyl (C=O) groups excluding carboxylic acids is 3. The number of ether oxygens (including phenoxy) is 1. The summed E-state index contributed by atoms with van der Waals surface area (Å²) in [6.45, 7) is 0. The SMILES string of the molecule is COC(=O)c1ccccc1NC(=O)C(=O)c1c[nH]c2cc(F)ccc12. The van der Waals surface area contributed by atoms with Gasteiger partial charge in [0.05, 0.1) is 23.9 Å². The Morgan fingerprint density at radius 2 is 1.84 bits per heavy atom. The number of para-hydroxylation sites is 1. The summed E-state index contributed by atoms with van der Waals surface area (Å²) < 4.78 is 17.9. The Hall–Kier alpha value is -3.48. The third kappa shape index (κ3) is 3.12. The summed E-state index contributed by atoms with van der Waals surface area (Å²) in [7, 11) is 1.22. The predicted molar refractivity (Wildman–Crippen MR) is 89.0 cm³/mol. The molecule has 0 unspecified atom stereocenters. The van der Waals surface area contributed by atoms with E-state index in [0.29, 0.717) is 10.9 Å². The molecule has 3 rings (SSSR count). The summed E-state index contributed by atoms with van der Waals surface area (Å²) in [5.74, 6) is -2.81. The second-order valence-corrected chi connectivity index (χ2v) is 5.21. The summed E-state index contributed by atoms with van der Waals surface area (Å²) in [6, 6.07) is 10.0. The quantitative estimate of drug-likeness (QED) is 0.434. The summed E-state index contributed by atoms with van der Waals surface area (Å²) in [5, 5.41) is 2.85. The van der Waals surface area contributed by atoms with Crippen LogP contribution >= 0.6 is 0 Å². The fourth-order valence-electron chi connectivity index (χ4n) is 2.47. The first-order valence-corrected chi connectivity index (χ1v) is 7.31. The van der Waals surface area contributed by atoms with E-state index in [1.807, 2.05) is 0 Å². The summed E-state index contributed by atoms with van der Waals surface area (Å²) in [6.07, 6.45) is 1.35. The molecule has 0 saturated heterocycles. The van der Waals surface area contributed by atoms with Gasteiger partial charge in [0, 0.05) is 17.1 Å². The Morgan fingerprint density at radius 3 is 2.60 bits per heavy atom. The van der Waals surface area contributed by atoms with Crippen molar-refractivity contribution in [2.75, 3.05) is 12.4 Å². The second kappa shape index (κ2) is 6.56. The maximum Gasteiger partial charge on any atom is 0.339 e. The van der Waals surface area contributed by atoms with Gasteiger partial charge in [0.25, 0.3) is 11.7 Å². The Kier molecular flexibility index (Phi) is 4.30. The highest BCUT2D eigenvalue weighted by Crippen LogP contribution is 2.21. The van der Waals surface area contributed by atoms with Crippen LogP contribution in [-0.4, -0.2) is 29.8 Å². The topological polar surface area (TPSA) is 88.3 Å². The van der Waals surface area contributed by atoms with Crippen LogP contribution in [0.2, 0.25) is 0 Å². The average molecular weight is 340 g/mol. The van der Waals surface area contributed by atoms with E-state index in [1.165, 1.54) is 43.6 Å². The third-order valence-electron chi connectivity index (χ3n) is 3.68. The van der Waals surface area contributed by atoms with Crippen molar-refractivity contribution in [2.24, 2.45) is 0 Å². The number of hydrogen-bond acceptors (Lipinski definition) is 4. The van der Waals surface area contributed by atoms with Gasteiger partial charge < -0.3 is 15.0 Å². The van der Waals surface area contributed by atoms with E-state index in [1.54, 1.807) is 12.1 Å². The van der Waals surface area contributed by atoms with Gasteiger partial charge >= 0.3 is 5.97 Å². The van der Waals surface area contributed by atoms with Gasteiger partial charge in [-0.1, -0.05) is 12.1 Å². The lowest BCUT2D eigenvalue weighted by molar-refractivity contribution is -0.112. The van der Waals surface area contributed by atoms with Gasteiger partial charge in [-0.2, -0.15) is 0 Å². The van der Waals surface area contributed by atoms with Crippen LogP contribution in [0.5, 0.6) is 0 Å². The lowest BCUT2D eigenvalue weighted by Gasteiger charge is -2.08. The molecule has 2 aromatic carbocycles. The minimum absolute atomic E-state index is 0.114. The largest absolute Gasteiger partial charge is 0.465 e. The Bertz CT molecular complexity index is 994. The molecule has 1 aromatic heterocycles. The molecule has 126 valence electrons. The van der Waals surface area contributed by atoms with Crippen LogP contribution in [0.4, 0.5) is 10.1 Å². The number of anilines is 1. The van der Waals surface area contributed by atoms with E-state index in [-0.39, 0.29) is 16.8 Å². The van der Waals surface area contributed by atoms with Gasteiger partial charge in [-0.15, -0.1) is 0 Å². The van der Waals surface area contributed by atoms with Crippen LogP contribution < -0.4 is 5.32 Å². The smallest absolute Gasteiger partial charge is 0.339 e. The van der Waals surface area contributed by atoms with Gasteiger partial charge in [-0.3, -0.25) is 9.59 Å². The highest BCUT2D eigenvalue weighted by Gasteiger charge is 2.22. The molecule has 0 aliphatic carbocycles. The van der Waals surface area contributed by atoms with Gasteiger partial charge in [0.2, 0.25) is 0 Å². The number of carbonyl (C=O) groups is 3. The molecule has 1 heterocycles. The van der Waals surface area contributed by atoms with Crippen molar-refractivity contribution in [1.82, 2.24) is 4.98 Å². The van der Waals surface area contributed by atoms with Gasteiger partial charge in [0.15, 0.2) is 0 Å². The zero-order valence-electron chi connectivity index (χ0n) is 13.1. The Balaban J connectivity index is 1.89. The molecule has 7 heteroatoms. The number of hydrogen-bond donors (Lipinski definition) is 2. The highest BCUT2D eigenvalue weighted by molar-refractivity contribution is 6.48. The number of benzene rings is 2. The number of nitrogens with one attached hydrogen (secondary N) is 2. The zero-order valence-corrected chi connectivity index (χ0v) is 13.1. The Labute approximate surface area is 141 Å². The molecular weight excluding hydrogens is 327 g/mol. The van der Waals surface area contributed by atoms with Gasteiger partial charge in [-0.25, -0.2) is 9.18 Å². The van der Waals surface area contributed by atoms with Crippen LogP contribution in [0, 0.1) is 5.82 Å². The number of aromatic amines is 1. The third-order valence-corrected chi connectivity index (χ3v) is 3.68. The standard InChI is InChI=1S/C18H13FN2O4/c1-25-18(24)12-4-2-3-5-14(12)21-17(23)16(22)13-9-20-15-8-10(19)6-7-11(13)15/h2-9,20H,1H3,(H,21,23). The van der Waals surface area contributed by atoms with Crippen LogP contribution in [0.15, 0.2) is 48.7 Å². The minimum atomic E-state index is -0.915. The number of rotatable bonds is 4. The summed E-state index contributed by atoms with van der Waals surface area (Å²) in [4.78, 5) is 39.2. The van der Waals surface area contributed by atoms with E-state index in [4.69, 9.17) is 0 Å². The average Bonchev–Trinajstić information content (AvgIpc) is 3.03. The van der Waals surface area contributed by atoms with Crippen LogP contribution in [0.3, 0.4) is 0 Å². The molecule has 0 atom stereocenters. The molecule has 0 spiro atoms. The van der Waals surface area contributed by atoms with Crippen molar-refractivity contribution in [1.29, 1.82) is 0 Å². The van der Waals surface area contributed by atoms with E-state index >= 15 is 0 Å². The van der Waals surface area contributed by atoms with Crippen molar-refractivity contribution in [3.8, 4) is 0 Å². The van der Waals surface area contributed by atoms with Crippen LogP contribution in [0.1, 0.15) is 20.7 Å². The van der Waals surface area contributed by atoms with Gasteiger partial charge in [0.1, 0.15) is 5.82 Å². The van der Waals surface area contributed by atoms with Crippen molar-refractivity contribution in [2.45, 2.75) is 0 Å². The predicted octanol–water partition coefficient (Wildman–Crippen LogP) is 2.92. The molecule has 0 aliphatic heterocycles. The molecular formula is C18H13FN2O4. The van der Waals surface area contributed by atoms with Crippen molar-refractivity contribution in [3.63, 3.8) is 0 Å². The number of methoxy groups -OCH3 is 1. The fraction of sp³-hybridized carbons (Fsp3) is 0.0556. The van der Waals surface area contributed by atoms with Crippen LogP contribution in [0.25, 0.3) is 10.9 Å². The van der Waals surface area contributed by atoms with E-state index in [0.717, 1.165) is 0 Å². The number of halogens is 1. The Morgan fingerprint density at radius 1 is 1.08 bits per heavy atom. The number of esters is 1. The summed E-state index contributed by atoms with van der Waals surface area (Å²) in [5.41, 5.74) is 0.819. The first-order valence-electron chi connectivity index (χ1n) is 7.31. The molecule has 6 nitrogen and oxygen atoms in total. The number of Topliss-reactive ketones (excluding diaryl/α,β-unsaturated/α-hetero) is 1. The van der Waals surface area contributed by atoms with E-state index < -0.39 is 23.5 Å². The molecule has 0 aliphatic rings. The number of fused-ring (bicyclic) bond motifs is 1. The molecule has 0 radical (unpaired) electrons. The first kappa shape index (κ1) is 16.4. The normalized spacial score (nSPS) is 10.5. The molecule has 0 bridgehead atoms. The maximum absolute atomic E-state index is 13.2. The molecule has 3 aromatic rings. The van der Waals surface area contributed by atoms with Crippen molar-refractivity contribution >= 4 is 34.3 Å². The first-order chi connectivity index (χ1) is 12.0. The fourth-order valence-corrected chi connectivity index (χ4v) is 2.47. The maximum atomic E-state index is 13.2. The molecule has 1 amide bonds. The monoisotopic (exact) mass is 340 g/mol. The number of H-pyrrole nitrogens is 1. The van der Waals surface area contributed by atoms with Gasteiger partial charge in [-0.05, 0) is 30.3 Å². The van der Waals surface area contributed by atoms with E-state index in [9.17, 15) is 18.8 Å². The van der Waals surface area contributed by atoms with Crippen molar-refractivity contribution in [3.05, 3.63) is 65.6 Å². The lowest BCUT2D eigenvalue weighted by atomic mass is 10.1. The zero-order chi connectivity index (χ0) is 18.0. The van der Waals surface area contributed by atoms with Crippen molar-refractivity contribution < 1.29 is 23.5 Å². The number of ketones is 1. The van der Waals surface area contributed by atoms with Crippen LogP contribution in [-0.2, 0) is 9.53 Å². The highest BCUT2D eigenvalue weighted by atomic mass is 19.1. The lowest BCUT2D eigenvalue weighted by Crippen LogP contribution is -2.24. The number of aromatic nitrogens is 1. The molecule has 25 heavy (non-hydrogen) atoms. The second-order valence-electron chi connectivity index (χ2n) is 5.21. The molecule has 0 fully saturated rings. The molecule has 2 N–H and O–H groups in total. The minimum Gasteiger partial charge on any atom is -0.465 e. The number of amides is 1.